The van der Waals surface area contributed by atoms with Crippen LogP contribution >= 0.6 is 23.4 Å². The van der Waals surface area contributed by atoms with Crippen molar-refractivity contribution in [3.8, 4) is 17.2 Å². The van der Waals surface area contributed by atoms with Crippen molar-refractivity contribution in [3.63, 3.8) is 0 Å². The molecule has 1 saturated heterocycles. The first kappa shape index (κ1) is 25.8. The fourth-order valence-electron chi connectivity index (χ4n) is 4.23. The van der Waals surface area contributed by atoms with Crippen LogP contribution in [-0.4, -0.2) is 25.1 Å². The predicted octanol–water partition coefficient (Wildman–Crippen LogP) is 7.08. The average molecular weight is 547 g/mol. The number of amides is 1. The van der Waals surface area contributed by atoms with Crippen LogP contribution in [0.1, 0.15) is 18.1 Å². The molecule has 194 valence electrons. The van der Waals surface area contributed by atoms with E-state index in [2.05, 4.69) is 34.9 Å². The van der Waals surface area contributed by atoms with Gasteiger partial charge >= 0.3 is 0 Å². The van der Waals surface area contributed by atoms with Gasteiger partial charge in [-0.3, -0.25) is 4.79 Å². The highest BCUT2D eigenvalue weighted by Gasteiger charge is 2.28. The Bertz CT molecular complexity index is 1500. The Hall–Kier alpha value is -3.81. The molecule has 4 aromatic rings. The van der Waals surface area contributed by atoms with E-state index in [9.17, 15) is 4.79 Å². The van der Waals surface area contributed by atoms with Gasteiger partial charge in [0.05, 0.1) is 24.3 Å². The van der Waals surface area contributed by atoms with Crippen molar-refractivity contribution in [2.45, 2.75) is 19.0 Å². The molecule has 1 unspecified atom stereocenters. The number of anilines is 1. The monoisotopic (exact) mass is 546 g/mol. The summed E-state index contributed by atoms with van der Waals surface area (Å²) in [7, 11) is 1.59. The van der Waals surface area contributed by atoms with Crippen molar-refractivity contribution in [2.75, 3.05) is 19.0 Å². The van der Waals surface area contributed by atoms with E-state index in [4.69, 9.17) is 25.8 Å². The molecule has 0 saturated carbocycles. The van der Waals surface area contributed by atoms with Gasteiger partial charge in [0, 0.05) is 5.02 Å². The molecule has 1 aliphatic rings. The number of nitrogens with one attached hydrogen (secondary N) is 2. The number of halogens is 1. The first-order valence-corrected chi connectivity index (χ1v) is 13.5. The molecular formula is C30H27ClN2O4S. The van der Waals surface area contributed by atoms with Crippen molar-refractivity contribution in [2.24, 2.45) is 0 Å². The number of fused-ring (bicyclic) bond motifs is 1. The second-order valence-electron chi connectivity index (χ2n) is 8.54. The summed E-state index contributed by atoms with van der Waals surface area (Å²) in [5.41, 5.74) is 2.27. The molecule has 1 fully saturated rings. The van der Waals surface area contributed by atoms with Crippen LogP contribution in [0, 0.1) is 0 Å². The third-order valence-corrected chi connectivity index (χ3v) is 7.27. The Kier molecular flexibility index (Phi) is 7.96. The Balaban J connectivity index is 1.31. The lowest BCUT2D eigenvalue weighted by atomic mass is 10.1. The number of thioether (sulfide) groups is 1. The Morgan fingerprint density at radius 3 is 2.63 bits per heavy atom. The highest BCUT2D eigenvalue weighted by molar-refractivity contribution is 8.05. The third-order valence-electron chi connectivity index (χ3n) is 6.01. The van der Waals surface area contributed by atoms with E-state index in [1.54, 1.807) is 25.3 Å². The maximum Gasteiger partial charge on any atom is 0.260 e. The molecular weight excluding hydrogens is 520 g/mol. The van der Waals surface area contributed by atoms with Gasteiger partial charge < -0.3 is 24.8 Å². The summed E-state index contributed by atoms with van der Waals surface area (Å²) in [5.74, 6) is 1.76. The molecule has 5 rings (SSSR count). The van der Waals surface area contributed by atoms with E-state index in [1.165, 1.54) is 17.1 Å². The maximum atomic E-state index is 12.7. The summed E-state index contributed by atoms with van der Waals surface area (Å²) in [4.78, 5) is 13.3. The minimum Gasteiger partial charge on any atom is -0.495 e. The zero-order valence-corrected chi connectivity index (χ0v) is 22.6. The van der Waals surface area contributed by atoms with E-state index in [-0.39, 0.29) is 11.4 Å². The van der Waals surface area contributed by atoms with Gasteiger partial charge in [0.15, 0.2) is 17.0 Å². The first-order chi connectivity index (χ1) is 18.5. The summed E-state index contributed by atoms with van der Waals surface area (Å²) in [6.07, 6.45) is 1.84. The van der Waals surface area contributed by atoms with Crippen LogP contribution in [0.5, 0.6) is 17.2 Å². The lowest BCUT2D eigenvalue weighted by Gasteiger charge is -2.15. The minimum absolute atomic E-state index is 0.164. The van der Waals surface area contributed by atoms with Crippen LogP contribution in [-0.2, 0) is 11.4 Å². The van der Waals surface area contributed by atoms with Gasteiger partial charge in [-0.25, -0.2) is 0 Å². The second-order valence-corrected chi connectivity index (χ2v) is 10.1. The molecule has 6 nitrogen and oxygen atoms in total. The van der Waals surface area contributed by atoms with Crippen LogP contribution in [0.4, 0.5) is 5.69 Å². The highest BCUT2D eigenvalue weighted by atomic mass is 35.5. The molecule has 0 bridgehead atoms. The molecule has 1 heterocycles. The largest absolute Gasteiger partial charge is 0.495 e. The second kappa shape index (κ2) is 11.7. The molecule has 0 aliphatic carbocycles. The highest BCUT2D eigenvalue weighted by Crippen LogP contribution is 2.36. The molecule has 1 atom stereocenters. The standard InChI is InChI=1S/C30H27ClN2O4S/c1-3-36-27-15-19(11-13-26(27)37-18-21-9-6-8-20-7-4-5-10-23(20)21)16-28-29(34)33-30(38-28)32-24-17-22(31)12-14-25(24)35-2/h4-17,30,32H,3,18H2,1-2H3,(H,33,34)/b28-16-. The molecule has 1 amide bonds. The van der Waals surface area contributed by atoms with Crippen LogP contribution in [0.15, 0.2) is 83.8 Å². The summed E-state index contributed by atoms with van der Waals surface area (Å²) >= 11 is 7.52. The van der Waals surface area contributed by atoms with E-state index in [0.717, 1.165) is 16.5 Å². The van der Waals surface area contributed by atoms with Crippen molar-refractivity contribution < 1.29 is 19.0 Å². The Labute approximate surface area is 230 Å². The quantitative estimate of drug-likeness (QED) is 0.219. The van der Waals surface area contributed by atoms with Crippen molar-refractivity contribution >= 4 is 51.8 Å². The van der Waals surface area contributed by atoms with Gasteiger partial charge in [-0.15, -0.1) is 0 Å². The summed E-state index contributed by atoms with van der Waals surface area (Å²) < 4.78 is 17.5. The fourth-order valence-corrected chi connectivity index (χ4v) is 5.37. The van der Waals surface area contributed by atoms with Gasteiger partial charge in [0.2, 0.25) is 0 Å². The van der Waals surface area contributed by atoms with Gasteiger partial charge in [-0.2, -0.15) is 0 Å². The number of methoxy groups -OCH3 is 1. The molecule has 0 spiro atoms. The van der Waals surface area contributed by atoms with Crippen LogP contribution in [0.25, 0.3) is 16.8 Å². The summed E-state index contributed by atoms with van der Waals surface area (Å²) in [6.45, 7) is 2.84. The molecule has 8 heteroatoms. The van der Waals surface area contributed by atoms with Crippen molar-refractivity contribution in [3.05, 3.63) is 99.9 Å². The number of benzene rings is 4. The third kappa shape index (κ3) is 5.85. The average Bonchev–Trinajstić information content (AvgIpc) is 3.26. The normalized spacial score (nSPS) is 15.9. The fraction of sp³-hybridized carbons (Fsp3) is 0.167. The van der Waals surface area contributed by atoms with Gasteiger partial charge in [0.1, 0.15) is 12.4 Å². The summed E-state index contributed by atoms with van der Waals surface area (Å²) in [5, 5.41) is 9.12. The van der Waals surface area contributed by atoms with E-state index in [0.29, 0.717) is 46.1 Å². The van der Waals surface area contributed by atoms with Crippen LogP contribution in [0.2, 0.25) is 5.02 Å². The summed E-state index contributed by atoms with van der Waals surface area (Å²) in [6, 6.07) is 25.4. The molecule has 0 aromatic heterocycles. The molecule has 0 radical (unpaired) electrons. The van der Waals surface area contributed by atoms with E-state index in [1.807, 2.05) is 49.4 Å². The molecule has 38 heavy (non-hydrogen) atoms. The first-order valence-electron chi connectivity index (χ1n) is 12.2. The van der Waals surface area contributed by atoms with Crippen LogP contribution < -0.4 is 24.8 Å². The number of hydrogen-bond donors (Lipinski definition) is 2. The number of carbonyl (C=O) groups is 1. The van der Waals surface area contributed by atoms with Crippen LogP contribution in [0.3, 0.4) is 0 Å². The van der Waals surface area contributed by atoms with Gasteiger partial charge in [-0.05, 0) is 65.2 Å². The smallest absolute Gasteiger partial charge is 0.260 e. The zero-order valence-electron chi connectivity index (χ0n) is 21.0. The molecule has 4 aromatic carbocycles. The SMILES string of the molecule is CCOc1cc(/C=C2\SC(Nc3cc(Cl)ccc3OC)NC2=O)ccc1OCc1cccc2ccccc12. The lowest BCUT2D eigenvalue weighted by molar-refractivity contribution is -0.116. The molecule has 1 aliphatic heterocycles. The minimum atomic E-state index is -0.365. The van der Waals surface area contributed by atoms with Crippen molar-refractivity contribution in [1.82, 2.24) is 5.32 Å². The topological polar surface area (TPSA) is 68.8 Å². The molecule has 2 N–H and O–H groups in total. The number of ether oxygens (including phenoxy) is 3. The lowest BCUT2D eigenvalue weighted by Crippen LogP contribution is -2.31. The Morgan fingerprint density at radius 1 is 0.974 bits per heavy atom. The van der Waals surface area contributed by atoms with Gasteiger partial charge in [-0.1, -0.05) is 71.9 Å². The van der Waals surface area contributed by atoms with Crippen molar-refractivity contribution in [1.29, 1.82) is 0 Å². The number of hydrogen-bond acceptors (Lipinski definition) is 6. The Morgan fingerprint density at radius 2 is 1.79 bits per heavy atom. The van der Waals surface area contributed by atoms with E-state index < -0.39 is 0 Å². The van der Waals surface area contributed by atoms with Gasteiger partial charge in [0.25, 0.3) is 5.91 Å². The van der Waals surface area contributed by atoms with E-state index >= 15 is 0 Å². The number of carbonyl (C=O) groups excluding carboxylic acids is 1. The predicted molar refractivity (Wildman–Crippen MR) is 155 cm³/mol. The maximum absolute atomic E-state index is 12.7. The number of rotatable bonds is 9. The zero-order chi connectivity index (χ0) is 26.5.